The van der Waals surface area contributed by atoms with Crippen LogP contribution in [0, 0.1) is 0 Å². The number of ketones is 1. The molecule has 0 spiro atoms. The second kappa shape index (κ2) is 36.5. The smallest absolute Gasteiger partial charge is 0.300 e. The number of hydrogen-bond acceptors (Lipinski definition) is 2. The Hall–Kier alpha value is -0.900. The number of rotatable bonds is 6. The van der Waals surface area contributed by atoms with Crippen LogP contribution < -0.4 is 0 Å². The lowest BCUT2D eigenvalue weighted by atomic mass is 10.2. The van der Waals surface area contributed by atoms with Crippen molar-refractivity contribution in [2.75, 3.05) is 0 Å². The van der Waals surface area contributed by atoms with Crippen LogP contribution in [0.3, 0.4) is 0 Å². The first-order valence-corrected chi connectivity index (χ1v) is 7.96. The first-order valence-electron chi connectivity index (χ1n) is 7.96. The fourth-order valence-electron chi connectivity index (χ4n) is 1.000. The molecule has 0 unspecified atom stereocenters. The zero-order valence-electron chi connectivity index (χ0n) is 15.4. The minimum atomic E-state index is -0.833. The van der Waals surface area contributed by atoms with Crippen LogP contribution in [0.25, 0.3) is 0 Å². The van der Waals surface area contributed by atoms with E-state index in [1.807, 2.05) is 0 Å². The summed E-state index contributed by atoms with van der Waals surface area (Å²) in [7, 11) is 0. The van der Waals surface area contributed by atoms with E-state index in [4.69, 9.17) is 9.90 Å². The van der Waals surface area contributed by atoms with Gasteiger partial charge in [0.15, 0.2) is 0 Å². The number of carboxylic acids is 1. The number of carbonyl (C=O) groups excluding carboxylic acids is 1. The molecule has 0 amide bonds. The number of aliphatic carboxylic acids is 1. The maximum absolute atomic E-state index is 9.44. The second-order valence-electron chi connectivity index (χ2n) is 4.84. The van der Waals surface area contributed by atoms with Crippen LogP contribution >= 0.6 is 0 Å². The van der Waals surface area contributed by atoms with Gasteiger partial charge in [-0.2, -0.15) is 0 Å². The van der Waals surface area contributed by atoms with Gasteiger partial charge in [-0.25, -0.2) is 0 Å². The SMILES string of the molecule is CC(=O)O.CC(C)=O.CCCCCC.CCCCCC.O. The Morgan fingerprint density at radius 1 is 0.667 bits per heavy atom. The first-order chi connectivity index (χ1) is 9.29. The van der Waals surface area contributed by atoms with Gasteiger partial charge < -0.3 is 15.4 Å². The van der Waals surface area contributed by atoms with Crippen molar-refractivity contribution in [2.45, 2.75) is 99.8 Å². The number of unbranched alkanes of at least 4 members (excludes halogenated alkanes) is 6. The molecule has 0 aliphatic heterocycles. The highest BCUT2D eigenvalue weighted by molar-refractivity contribution is 5.72. The molecular weight excluding hydrogens is 268 g/mol. The molecule has 4 nitrogen and oxygen atoms in total. The Morgan fingerprint density at radius 3 is 0.810 bits per heavy atom. The third-order valence-corrected chi connectivity index (χ3v) is 1.91. The zero-order valence-corrected chi connectivity index (χ0v) is 15.4. The van der Waals surface area contributed by atoms with E-state index >= 15 is 0 Å². The van der Waals surface area contributed by atoms with E-state index in [0.29, 0.717) is 0 Å². The van der Waals surface area contributed by atoms with Gasteiger partial charge >= 0.3 is 0 Å². The van der Waals surface area contributed by atoms with Gasteiger partial charge in [0, 0.05) is 6.92 Å². The summed E-state index contributed by atoms with van der Waals surface area (Å²) in [5.74, 6) is -0.667. The molecule has 3 N–H and O–H groups in total. The monoisotopic (exact) mass is 308 g/mol. The van der Waals surface area contributed by atoms with Crippen molar-refractivity contribution in [3.8, 4) is 0 Å². The van der Waals surface area contributed by atoms with Crippen LogP contribution in [0.2, 0.25) is 0 Å². The molecule has 0 rings (SSSR count). The molecule has 0 aromatic rings. The molecule has 0 fully saturated rings. The summed E-state index contributed by atoms with van der Waals surface area (Å²) in [5.41, 5.74) is 0. The summed E-state index contributed by atoms with van der Waals surface area (Å²) >= 11 is 0. The van der Waals surface area contributed by atoms with E-state index in [2.05, 4.69) is 27.7 Å². The van der Waals surface area contributed by atoms with E-state index < -0.39 is 5.97 Å². The molecule has 21 heavy (non-hydrogen) atoms. The fraction of sp³-hybridized carbons (Fsp3) is 0.882. The van der Waals surface area contributed by atoms with Gasteiger partial charge in [0.2, 0.25) is 0 Å². The summed E-state index contributed by atoms with van der Waals surface area (Å²) in [6.07, 6.45) is 11.1. The molecular formula is C17H40O4. The van der Waals surface area contributed by atoms with Gasteiger partial charge in [0.05, 0.1) is 0 Å². The average molecular weight is 309 g/mol. The molecule has 0 aliphatic rings. The molecule has 0 saturated heterocycles. The minimum absolute atomic E-state index is 0. The molecule has 4 heteroatoms. The standard InChI is InChI=1S/2C6H14.C3H6O.C2H4O2.H2O/c2*1-3-5-6-4-2;1-3(2)4;1-2(3)4;/h2*3-6H2,1-2H3;1-2H3;1H3,(H,3,4);1H2. The Morgan fingerprint density at radius 2 is 0.762 bits per heavy atom. The first kappa shape index (κ1) is 32.2. The van der Waals surface area contributed by atoms with E-state index in [9.17, 15) is 4.79 Å². The van der Waals surface area contributed by atoms with Crippen molar-refractivity contribution in [3.05, 3.63) is 0 Å². The van der Waals surface area contributed by atoms with Crippen LogP contribution in [0.4, 0.5) is 0 Å². The Bertz CT molecular complexity index is 144. The van der Waals surface area contributed by atoms with Gasteiger partial charge in [-0.3, -0.25) is 4.79 Å². The van der Waals surface area contributed by atoms with Crippen LogP contribution in [-0.4, -0.2) is 22.3 Å². The molecule has 0 heterocycles. The number of Topliss-reactive ketones (excluding diaryl/α,β-unsaturated/α-hetero) is 1. The van der Waals surface area contributed by atoms with E-state index in [-0.39, 0.29) is 11.3 Å². The number of carbonyl (C=O) groups is 2. The van der Waals surface area contributed by atoms with Crippen molar-refractivity contribution in [1.82, 2.24) is 0 Å². The van der Waals surface area contributed by atoms with Crippen LogP contribution in [0.5, 0.6) is 0 Å². The third-order valence-electron chi connectivity index (χ3n) is 1.91. The summed E-state index contributed by atoms with van der Waals surface area (Å²) < 4.78 is 0. The predicted molar refractivity (Wildman–Crippen MR) is 92.9 cm³/mol. The van der Waals surface area contributed by atoms with Gasteiger partial charge in [-0.05, 0) is 13.8 Å². The lowest BCUT2D eigenvalue weighted by Crippen LogP contribution is -1.78. The molecule has 0 aromatic heterocycles. The minimum Gasteiger partial charge on any atom is -0.481 e. The number of carboxylic acid groups (broad SMARTS) is 1. The molecule has 0 aromatic carbocycles. The maximum Gasteiger partial charge on any atom is 0.300 e. The highest BCUT2D eigenvalue weighted by atomic mass is 16.4. The highest BCUT2D eigenvalue weighted by Crippen LogP contribution is 1.95. The van der Waals surface area contributed by atoms with E-state index in [0.717, 1.165) is 6.92 Å². The van der Waals surface area contributed by atoms with Crippen molar-refractivity contribution in [1.29, 1.82) is 0 Å². The quantitative estimate of drug-likeness (QED) is 0.698. The topological polar surface area (TPSA) is 85.9 Å². The molecule has 0 atom stereocenters. The normalized spacial score (nSPS) is 7.57. The molecule has 0 aliphatic carbocycles. The zero-order chi connectivity index (χ0) is 16.8. The number of hydrogen-bond donors (Lipinski definition) is 1. The summed E-state index contributed by atoms with van der Waals surface area (Å²) in [4.78, 5) is 18.4. The molecule has 132 valence electrons. The Labute approximate surface area is 132 Å². The molecule has 0 bridgehead atoms. The van der Waals surface area contributed by atoms with Gasteiger partial charge in [0.1, 0.15) is 5.78 Å². The maximum atomic E-state index is 9.44. The largest absolute Gasteiger partial charge is 0.481 e. The fourth-order valence-corrected chi connectivity index (χ4v) is 1.000. The van der Waals surface area contributed by atoms with Crippen molar-refractivity contribution in [3.63, 3.8) is 0 Å². The molecule has 0 saturated carbocycles. The van der Waals surface area contributed by atoms with E-state index in [1.54, 1.807) is 0 Å². The van der Waals surface area contributed by atoms with Crippen LogP contribution in [0.15, 0.2) is 0 Å². The lowest BCUT2D eigenvalue weighted by molar-refractivity contribution is -0.134. The summed E-state index contributed by atoms with van der Waals surface area (Å²) in [5, 5.41) is 7.42. The van der Waals surface area contributed by atoms with Gasteiger partial charge in [-0.1, -0.05) is 79.1 Å². The van der Waals surface area contributed by atoms with Crippen molar-refractivity contribution >= 4 is 11.8 Å². The predicted octanol–water partition coefficient (Wildman–Crippen LogP) is 5.03. The lowest BCUT2D eigenvalue weighted by Gasteiger charge is -1.86. The molecule has 0 radical (unpaired) electrons. The Kier molecular flexibility index (Phi) is 55.8. The summed E-state index contributed by atoms with van der Waals surface area (Å²) in [6.45, 7) is 13.1. The van der Waals surface area contributed by atoms with Crippen LogP contribution in [-0.2, 0) is 9.59 Å². The highest BCUT2D eigenvalue weighted by Gasteiger charge is 1.76. The summed E-state index contributed by atoms with van der Waals surface area (Å²) in [6, 6.07) is 0. The van der Waals surface area contributed by atoms with Crippen molar-refractivity contribution in [2.24, 2.45) is 0 Å². The van der Waals surface area contributed by atoms with E-state index in [1.165, 1.54) is 65.2 Å². The van der Waals surface area contributed by atoms with Crippen molar-refractivity contribution < 1.29 is 20.2 Å². The Balaban J connectivity index is -0.0000000544. The van der Waals surface area contributed by atoms with Gasteiger partial charge in [0.25, 0.3) is 5.97 Å². The van der Waals surface area contributed by atoms with Crippen LogP contribution in [0.1, 0.15) is 99.8 Å². The van der Waals surface area contributed by atoms with Gasteiger partial charge in [-0.15, -0.1) is 0 Å². The average Bonchev–Trinajstić information content (AvgIpc) is 2.33. The third kappa shape index (κ3) is 215. The second-order valence-corrected chi connectivity index (χ2v) is 4.84.